The Morgan fingerprint density at radius 2 is 1.44 bits per heavy atom. The highest BCUT2D eigenvalue weighted by Crippen LogP contribution is 2.33. The van der Waals surface area contributed by atoms with Crippen molar-refractivity contribution in [1.29, 1.82) is 5.41 Å². The van der Waals surface area contributed by atoms with Crippen LogP contribution in [0.2, 0.25) is 0 Å². The molecule has 0 amide bonds. The molecule has 0 aliphatic rings. The molecule has 10 heteroatoms. The maximum absolute atomic E-state index is 11.6. The van der Waals surface area contributed by atoms with Gasteiger partial charge in [-0.15, -0.1) is 0 Å². The van der Waals surface area contributed by atoms with E-state index in [2.05, 4.69) is 20.6 Å². The first-order chi connectivity index (χ1) is 12.9. The number of nitrogens with zero attached hydrogens (tertiary/aromatic N) is 3. The van der Waals surface area contributed by atoms with E-state index in [0.29, 0.717) is 22.6 Å². The van der Waals surface area contributed by atoms with Crippen molar-refractivity contribution in [2.45, 2.75) is 0 Å². The molecule has 136 valence electrons. The molecule has 0 saturated heterocycles. The number of amidine groups is 1. The first kappa shape index (κ1) is 17.6. The number of hydrogen-bond donors (Lipinski definition) is 5. The van der Waals surface area contributed by atoms with Crippen LogP contribution in [-0.2, 0) is 0 Å². The highest BCUT2D eigenvalue weighted by atomic mass is 16.6. The van der Waals surface area contributed by atoms with Gasteiger partial charge in [0.15, 0.2) is 0 Å². The monoisotopic (exact) mass is 364 g/mol. The van der Waals surface area contributed by atoms with Crippen molar-refractivity contribution in [3.63, 3.8) is 0 Å². The van der Waals surface area contributed by atoms with Gasteiger partial charge in [-0.25, -0.2) is 9.97 Å². The number of nitrogens with one attached hydrogen (secondary N) is 3. The van der Waals surface area contributed by atoms with E-state index in [9.17, 15) is 10.1 Å². The Labute approximate surface area is 153 Å². The lowest BCUT2D eigenvalue weighted by molar-refractivity contribution is -0.383. The SMILES string of the molecule is N=C(N)c1ccc(Nc2ncnc(Nc3ccc(N)cc3)c2[N+](=O)[O-])cc1. The maximum Gasteiger partial charge on any atom is 0.353 e. The Morgan fingerprint density at radius 3 is 1.89 bits per heavy atom. The van der Waals surface area contributed by atoms with Gasteiger partial charge in [-0.1, -0.05) is 0 Å². The number of nitro groups is 1. The van der Waals surface area contributed by atoms with Crippen LogP contribution in [0.1, 0.15) is 5.56 Å². The van der Waals surface area contributed by atoms with E-state index in [4.69, 9.17) is 16.9 Å². The van der Waals surface area contributed by atoms with Gasteiger partial charge >= 0.3 is 5.69 Å². The lowest BCUT2D eigenvalue weighted by Gasteiger charge is -2.10. The summed E-state index contributed by atoms with van der Waals surface area (Å²) in [5.41, 5.74) is 13.0. The molecule has 0 fully saturated rings. The second kappa shape index (κ2) is 7.35. The van der Waals surface area contributed by atoms with Crippen molar-refractivity contribution in [2.75, 3.05) is 16.4 Å². The van der Waals surface area contributed by atoms with Crippen molar-refractivity contribution < 1.29 is 4.92 Å². The Hall–Kier alpha value is -4.21. The second-order valence-corrected chi connectivity index (χ2v) is 5.54. The third-order valence-electron chi connectivity index (χ3n) is 3.64. The molecule has 0 unspecified atom stereocenters. The summed E-state index contributed by atoms with van der Waals surface area (Å²) in [6.07, 6.45) is 1.22. The molecule has 0 aliphatic heterocycles. The van der Waals surface area contributed by atoms with Gasteiger partial charge in [0.25, 0.3) is 0 Å². The minimum absolute atomic E-state index is 0.0310. The van der Waals surface area contributed by atoms with Crippen molar-refractivity contribution in [1.82, 2.24) is 9.97 Å². The maximum atomic E-state index is 11.6. The molecule has 0 aliphatic carbocycles. The molecule has 3 rings (SSSR count). The predicted molar refractivity (Wildman–Crippen MR) is 104 cm³/mol. The Balaban J connectivity index is 1.92. The summed E-state index contributed by atoms with van der Waals surface area (Å²) < 4.78 is 0. The second-order valence-electron chi connectivity index (χ2n) is 5.54. The normalized spacial score (nSPS) is 10.2. The average Bonchev–Trinajstić information content (AvgIpc) is 2.64. The highest BCUT2D eigenvalue weighted by Gasteiger charge is 2.23. The van der Waals surface area contributed by atoms with Crippen molar-refractivity contribution in [3.05, 3.63) is 70.5 Å². The summed E-state index contributed by atoms with van der Waals surface area (Å²) in [6.45, 7) is 0. The Kier molecular flexibility index (Phi) is 4.79. The molecule has 0 bridgehead atoms. The van der Waals surface area contributed by atoms with Crippen LogP contribution in [0, 0.1) is 15.5 Å². The number of rotatable bonds is 6. The van der Waals surface area contributed by atoms with E-state index in [1.807, 2.05) is 0 Å². The number of benzene rings is 2. The third-order valence-corrected chi connectivity index (χ3v) is 3.64. The summed E-state index contributed by atoms with van der Waals surface area (Å²) >= 11 is 0. The highest BCUT2D eigenvalue weighted by molar-refractivity contribution is 5.95. The zero-order valence-corrected chi connectivity index (χ0v) is 14.0. The van der Waals surface area contributed by atoms with Crippen molar-refractivity contribution in [2.24, 2.45) is 5.73 Å². The zero-order chi connectivity index (χ0) is 19.4. The van der Waals surface area contributed by atoms with E-state index in [0.717, 1.165) is 0 Å². The fourth-order valence-electron chi connectivity index (χ4n) is 2.31. The third kappa shape index (κ3) is 4.07. The van der Waals surface area contributed by atoms with Gasteiger partial charge in [0.1, 0.15) is 12.2 Å². The van der Waals surface area contributed by atoms with Crippen LogP contribution in [0.3, 0.4) is 0 Å². The van der Waals surface area contributed by atoms with E-state index in [-0.39, 0.29) is 23.2 Å². The van der Waals surface area contributed by atoms with Crippen molar-refractivity contribution in [3.8, 4) is 0 Å². The van der Waals surface area contributed by atoms with Crippen LogP contribution in [0.4, 0.5) is 34.4 Å². The average molecular weight is 364 g/mol. The summed E-state index contributed by atoms with van der Waals surface area (Å²) in [6, 6.07) is 13.3. The van der Waals surface area contributed by atoms with Gasteiger partial charge in [0, 0.05) is 22.6 Å². The summed E-state index contributed by atoms with van der Waals surface area (Å²) in [5.74, 6) is 0.00991. The first-order valence-electron chi connectivity index (χ1n) is 7.77. The van der Waals surface area contributed by atoms with Gasteiger partial charge in [0.05, 0.1) is 4.92 Å². The number of hydrogen-bond acceptors (Lipinski definition) is 8. The van der Waals surface area contributed by atoms with Gasteiger partial charge < -0.3 is 22.1 Å². The largest absolute Gasteiger partial charge is 0.399 e. The quantitative estimate of drug-likeness (QED) is 0.146. The molecule has 1 aromatic heterocycles. The smallest absolute Gasteiger partial charge is 0.353 e. The molecule has 27 heavy (non-hydrogen) atoms. The van der Waals surface area contributed by atoms with Crippen LogP contribution in [-0.4, -0.2) is 20.7 Å². The lowest BCUT2D eigenvalue weighted by Crippen LogP contribution is -2.10. The van der Waals surface area contributed by atoms with Gasteiger partial charge in [0.2, 0.25) is 11.6 Å². The molecule has 0 atom stereocenters. The Bertz CT molecular complexity index is 987. The molecule has 2 aromatic carbocycles. The minimum atomic E-state index is -0.564. The number of aromatic nitrogens is 2. The van der Waals surface area contributed by atoms with Crippen LogP contribution in [0.25, 0.3) is 0 Å². The van der Waals surface area contributed by atoms with Gasteiger partial charge in [-0.2, -0.15) is 0 Å². The number of nitrogens with two attached hydrogens (primary N) is 2. The standard InChI is InChI=1S/C17H16N8O2/c18-11-3-7-13(8-4-11)24-17-14(25(26)27)16(21-9-22-17)23-12-5-1-10(2-6-12)15(19)20/h1-9H,18H2,(H3,19,20)(H2,21,22,23,24). The number of anilines is 5. The van der Waals surface area contributed by atoms with E-state index >= 15 is 0 Å². The Morgan fingerprint density at radius 1 is 0.963 bits per heavy atom. The van der Waals surface area contributed by atoms with E-state index < -0.39 is 4.92 Å². The van der Waals surface area contributed by atoms with Crippen LogP contribution < -0.4 is 22.1 Å². The summed E-state index contributed by atoms with van der Waals surface area (Å²) in [5, 5.41) is 24.8. The molecule has 7 N–H and O–H groups in total. The molecule has 1 heterocycles. The van der Waals surface area contributed by atoms with Crippen molar-refractivity contribution >= 4 is 40.2 Å². The topological polar surface area (TPSA) is 169 Å². The van der Waals surface area contributed by atoms with E-state index in [1.165, 1.54) is 6.33 Å². The summed E-state index contributed by atoms with van der Waals surface area (Å²) in [4.78, 5) is 19.0. The fourth-order valence-corrected chi connectivity index (χ4v) is 2.31. The molecular formula is C17H16N8O2. The molecular weight excluding hydrogens is 348 g/mol. The minimum Gasteiger partial charge on any atom is -0.399 e. The fraction of sp³-hybridized carbons (Fsp3) is 0. The molecule has 0 saturated carbocycles. The molecule has 0 radical (unpaired) electrons. The molecule has 3 aromatic rings. The lowest BCUT2D eigenvalue weighted by atomic mass is 10.2. The molecule has 0 spiro atoms. The predicted octanol–water partition coefficient (Wildman–Crippen LogP) is 2.74. The first-order valence-corrected chi connectivity index (χ1v) is 7.77. The van der Waals surface area contributed by atoms with Crippen LogP contribution >= 0.6 is 0 Å². The summed E-state index contributed by atoms with van der Waals surface area (Å²) in [7, 11) is 0. The zero-order valence-electron chi connectivity index (χ0n) is 14.0. The van der Waals surface area contributed by atoms with E-state index in [1.54, 1.807) is 48.5 Å². The van der Waals surface area contributed by atoms with Crippen LogP contribution in [0.5, 0.6) is 0 Å². The molecule has 10 nitrogen and oxygen atoms in total. The van der Waals surface area contributed by atoms with Gasteiger partial charge in [-0.3, -0.25) is 15.5 Å². The number of nitrogen functional groups attached to an aromatic ring is 2. The van der Waals surface area contributed by atoms with Gasteiger partial charge in [-0.05, 0) is 48.5 Å². The van der Waals surface area contributed by atoms with Crippen LogP contribution in [0.15, 0.2) is 54.9 Å².